The number of hydrogen-bond donors (Lipinski definition) is 2. The molecule has 13 nitrogen and oxygen atoms in total. The summed E-state index contributed by atoms with van der Waals surface area (Å²) in [6, 6.07) is 32.9. The van der Waals surface area contributed by atoms with Crippen LogP contribution in [-0.2, 0) is 52.5 Å². The van der Waals surface area contributed by atoms with Crippen LogP contribution in [0.1, 0.15) is 55.4 Å². The second-order valence-electron chi connectivity index (χ2n) is 12.8. The SMILES string of the molecule is CC(C)C(NC(=O)C=Cc1ccc([N+](=O)[O-])cc1)P(=O)(OCc1ccccc1)O[C@@H](CCCCNC(=O)OCc1ccccc1)C(=O)OCc1ccccc1. The second kappa shape index (κ2) is 21.9. The number of esters is 1. The van der Waals surface area contributed by atoms with Gasteiger partial charge in [0.1, 0.15) is 19.0 Å². The number of unbranched alkanes of at least 4 members (excludes halogenated alkanes) is 1. The molecule has 0 aliphatic heterocycles. The van der Waals surface area contributed by atoms with Gasteiger partial charge in [-0.05, 0) is 65.6 Å². The average molecular weight is 772 g/mol. The molecule has 0 aromatic heterocycles. The van der Waals surface area contributed by atoms with Gasteiger partial charge in [-0.2, -0.15) is 0 Å². The predicted molar refractivity (Wildman–Crippen MR) is 207 cm³/mol. The number of alkyl carbamates (subject to hydrolysis) is 1. The summed E-state index contributed by atoms with van der Waals surface area (Å²) < 4.78 is 38.1. The highest BCUT2D eigenvalue weighted by Gasteiger charge is 2.43. The summed E-state index contributed by atoms with van der Waals surface area (Å²) in [5, 5.41) is 16.5. The quantitative estimate of drug-likeness (QED) is 0.0209. The van der Waals surface area contributed by atoms with Gasteiger partial charge >= 0.3 is 19.7 Å². The van der Waals surface area contributed by atoms with E-state index in [1.165, 1.54) is 36.4 Å². The lowest BCUT2D eigenvalue weighted by atomic mass is 10.1. The lowest BCUT2D eigenvalue weighted by Crippen LogP contribution is -2.40. The van der Waals surface area contributed by atoms with Crippen molar-refractivity contribution >= 4 is 37.3 Å². The molecule has 0 spiro atoms. The minimum atomic E-state index is -4.36. The summed E-state index contributed by atoms with van der Waals surface area (Å²) in [6.07, 6.45) is 1.58. The Morgan fingerprint density at radius 2 is 1.31 bits per heavy atom. The van der Waals surface area contributed by atoms with Gasteiger partial charge in [0.2, 0.25) is 5.91 Å². The summed E-state index contributed by atoms with van der Waals surface area (Å²) in [4.78, 5) is 49.7. The van der Waals surface area contributed by atoms with Gasteiger partial charge in [-0.15, -0.1) is 0 Å². The zero-order valence-corrected chi connectivity index (χ0v) is 31.7. The van der Waals surface area contributed by atoms with Crippen molar-refractivity contribution in [1.29, 1.82) is 0 Å². The number of nitrogens with zero attached hydrogens (tertiary/aromatic N) is 1. The molecule has 2 N–H and O–H groups in total. The number of benzene rings is 4. The van der Waals surface area contributed by atoms with Crippen LogP contribution in [0.15, 0.2) is 121 Å². The number of ether oxygens (including phenoxy) is 2. The molecular formula is C41H46N3O10P. The highest BCUT2D eigenvalue weighted by Crippen LogP contribution is 2.56. The minimum Gasteiger partial charge on any atom is -0.459 e. The van der Waals surface area contributed by atoms with Crippen molar-refractivity contribution in [3.63, 3.8) is 0 Å². The molecule has 0 saturated carbocycles. The van der Waals surface area contributed by atoms with E-state index in [9.17, 15) is 29.1 Å². The summed E-state index contributed by atoms with van der Waals surface area (Å²) in [7, 11) is -4.36. The fourth-order valence-electron chi connectivity index (χ4n) is 5.23. The molecule has 0 bridgehead atoms. The Hall–Kier alpha value is -5.62. The number of nitro groups is 1. The maximum absolute atomic E-state index is 15.0. The van der Waals surface area contributed by atoms with Gasteiger partial charge < -0.3 is 24.6 Å². The smallest absolute Gasteiger partial charge is 0.407 e. The molecule has 0 radical (unpaired) electrons. The van der Waals surface area contributed by atoms with Crippen molar-refractivity contribution in [3.05, 3.63) is 154 Å². The molecule has 2 amide bonds. The monoisotopic (exact) mass is 771 g/mol. The Morgan fingerprint density at radius 1 is 0.764 bits per heavy atom. The van der Waals surface area contributed by atoms with Crippen LogP contribution in [0.5, 0.6) is 0 Å². The fraction of sp³-hybridized carbons (Fsp3) is 0.293. The predicted octanol–water partition coefficient (Wildman–Crippen LogP) is 8.34. The summed E-state index contributed by atoms with van der Waals surface area (Å²) in [6.45, 7) is 3.64. The summed E-state index contributed by atoms with van der Waals surface area (Å²) >= 11 is 0. The number of rotatable bonds is 21. The van der Waals surface area contributed by atoms with Gasteiger partial charge in [-0.3, -0.25) is 24.0 Å². The fourth-order valence-corrected chi connectivity index (χ4v) is 7.47. The van der Waals surface area contributed by atoms with Crippen LogP contribution in [0.2, 0.25) is 0 Å². The van der Waals surface area contributed by atoms with Gasteiger partial charge in [-0.1, -0.05) is 105 Å². The average Bonchev–Trinajstić information content (AvgIpc) is 3.20. The Balaban J connectivity index is 1.49. The van der Waals surface area contributed by atoms with Crippen molar-refractivity contribution in [3.8, 4) is 0 Å². The number of carbonyl (C=O) groups excluding carboxylic acids is 3. The molecule has 4 aromatic rings. The number of nitrogens with one attached hydrogen (secondary N) is 2. The molecule has 55 heavy (non-hydrogen) atoms. The first-order chi connectivity index (χ1) is 26.5. The van der Waals surface area contributed by atoms with Crippen molar-refractivity contribution < 1.29 is 42.4 Å². The Kier molecular flexibility index (Phi) is 16.8. The molecule has 290 valence electrons. The number of non-ortho nitro benzene ring substituents is 1. The zero-order valence-electron chi connectivity index (χ0n) is 30.8. The van der Waals surface area contributed by atoms with E-state index in [1.54, 1.807) is 50.2 Å². The molecule has 4 rings (SSSR count). The largest absolute Gasteiger partial charge is 0.459 e. The molecular weight excluding hydrogens is 725 g/mol. The molecule has 3 atom stereocenters. The number of carbonyl (C=O) groups is 3. The number of nitro benzene ring substituents is 1. The number of hydrogen-bond acceptors (Lipinski definition) is 10. The molecule has 0 heterocycles. The van der Waals surface area contributed by atoms with Crippen molar-refractivity contribution in [2.24, 2.45) is 5.92 Å². The Morgan fingerprint density at radius 3 is 1.85 bits per heavy atom. The lowest BCUT2D eigenvalue weighted by molar-refractivity contribution is -0.384. The van der Waals surface area contributed by atoms with Crippen LogP contribution in [-0.4, -0.2) is 41.3 Å². The van der Waals surface area contributed by atoms with E-state index < -0.39 is 48.3 Å². The van der Waals surface area contributed by atoms with Crippen LogP contribution in [0.25, 0.3) is 6.08 Å². The van der Waals surface area contributed by atoms with Crippen molar-refractivity contribution in [2.45, 2.75) is 64.8 Å². The summed E-state index contributed by atoms with van der Waals surface area (Å²) in [5.41, 5.74) is 2.71. The third kappa shape index (κ3) is 14.6. The lowest BCUT2D eigenvalue weighted by Gasteiger charge is -2.32. The van der Waals surface area contributed by atoms with Gasteiger partial charge in [0.15, 0.2) is 6.10 Å². The normalized spacial score (nSPS) is 13.4. The maximum Gasteiger partial charge on any atom is 0.407 e. The first kappa shape index (κ1) is 42.1. The topological polar surface area (TPSA) is 172 Å². The van der Waals surface area contributed by atoms with Crippen molar-refractivity contribution in [1.82, 2.24) is 10.6 Å². The highest BCUT2D eigenvalue weighted by atomic mass is 31.2. The van der Waals surface area contributed by atoms with Crippen LogP contribution >= 0.6 is 7.60 Å². The van der Waals surface area contributed by atoms with E-state index in [0.717, 1.165) is 11.1 Å². The van der Waals surface area contributed by atoms with E-state index in [2.05, 4.69) is 10.6 Å². The summed E-state index contributed by atoms with van der Waals surface area (Å²) in [5.74, 6) is -3.09. The Labute approximate surface area is 320 Å². The highest BCUT2D eigenvalue weighted by molar-refractivity contribution is 7.54. The van der Waals surface area contributed by atoms with Crippen LogP contribution < -0.4 is 10.6 Å². The van der Waals surface area contributed by atoms with E-state index in [0.29, 0.717) is 24.0 Å². The zero-order chi connectivity index (χ0) is 39.5. The van der Waals surface area contributed by atoms with Gasteiger partial charge in [-0.25, -0.2) is 9.59 Å². The minimum absolute atomic E-state index is 0.0543. The van der Waals surface area contributed by atoms with Gasteiger partial charge in [0.25, 0.3) is 5.69 Å². The molecule has 0 fully saturated rings. The van der Waals surface area contributed by atoms with Crippen LogP contribution in [0.3, 0.4) is 0 Å². The molecule has 0 aliphatic rings. The van der Waals surface area contributed by atoms with E-state index >= 15 is 0 Å². The molecule has 14 heteroatoms. The van der Waals surface area contributed by atoms with Crippen molar-refractivity contribution in [2.75, 3.05) is 6.54 Å². The first-order valence-electron chi connectivity index (χ1n) is 17.9. The van der Waals surface area contributed by atoms with E-state index in [1.807, 2.05) is 54.6 Å². The van der Waals surface area contributed by atoms with Gasteiger partial charge in [0.05, 0.1) is 11.5 Å². The Bertz CT molecular complexity index is 1890. The molecule has 0 saturated heterocycles. The maximum atomic E-state index is 15.0. The third-order valence-electron chi connectivity index (χ3n) is 8.18. The number of amides is 2. The standard InChI is InChI=1S/C41H46N3O10P/c1-31(2)39(43-38(45)26-23-32-21-24-36(25-22-32)44(48)49)55(50,53-30-35-18-10-5-11-19-35)54-37(40(46)51-28-33-14-6-3-7-15-33)20-12-13-27-42-41(47)52-29-34-16-8-4-9-17-34/h3-11,14-19,21-26,31,37,39H,12-13,20,27-30H2,1-2H3,(H,42,47)(H,43,45)/t37-,39?,55?/m0/s1. The van der Waals surface area contributed by atoms with Crippen LogP contribution in [0, 0.1) is 16.0 Å². The van der Waals surface area contributed by atoms with E-state index in [-0.39, 0.29) is 38.5 Å². The van der Waals surface area contributed by atoms with Crippen LogP contribution in [0.4, 0.5) is 10.5 Å². The third-order valence-corrected chi connectivity index (χ3v) is 10.6. The van der Waals surface area contributed by atoms with Gasteiger partial charge in [0, 0.05) is 24.8 Å². The molecule has 2 unspecified atom stereocenters. The second-order valence-corrected chi connectivity index (χ2v) is 15.0. The first-order valence-corrected chi connectivity index (χ1v) is 19.5. The molecule has 4 aromatic carbocycles. The van der Waals surface area contributed by atoms with E-state index in [4.69, 9.17) is 18.5 Å². The molecule has 0 aliphatic carbocycles.